The molecule has 0 saturated carbocycles. The summed E-state index contributed by atoms with van der Waals surface area (Å²) in [5, 5.41) is 0. The fourth-order valence-corrected chi connectivity index (χ4v) is 1.64. The van der Waals surface area contributed by atoms with Crippen molar-refractivity contribution in [2.75, 3.05) is 0 Å². The van der Waals surface area contributed by atoms with Crippen molar-refractivity contribution in [2.24, 2.45) is 0 Å². The molecule has 0 atom stereocenters. The van der Waals surface area contributed by atoms with Crippen LogP contribution in [0.3, 0.4) is 0 Å². The third kappa shape index (κ3) is 3.19. The topological polar surface area (TPSA) is 43.4 Å². The average molecular weight is 319 g/mol. The van der Waals surface area contributed by atoms with Gasteiger partial charge in [-0.2, -0.15) is 21.6 Å². The second-order valence-corrected chi connectivity index (χ2v) is 5.21. The van der Waals surface area contributed by atoms with Crippen LogP contribution in [0.2, 0.25) is 0 Å². The Kier molecular flexibility index (Phi) is 3.97. The molecule has 0 amide bonds. The van der Waals surface area contributed by atoms with Crippen LogP contribution in [0.25, 0.3) is 0 Å². The Morgan fingerprint density at radius 3 is 2.31 bits per heavy atom. The molecule has 1 aromatic rings. The molecule has 0 aromatic heterocycles. The zero-order chi connectivity index (χ0) is 12.4. The third-order valence-electron chi connectivity index (χ3n) is 1.61. The molecule has 3 nitrogen and oxygen atoms in total. The summed E-state index contributed by atoms with van der Waals surface area (Å²) < 4.78 is 61.2. The van der Waals surface area contributed by atoms with E-state index < -0.39 is 22.2 Å². The van der Waals surface area contributed by atoms with Gasteiger partial charge in [-0.1, -0.05) is 34.1 Å². The van der Waals surface area contributed by atoms with Gasteiger partial charge in [0.1, 0.15) is 0 Å². The predicted octanol–water partition coefficient (Wildman–Crippen LogP) is 2.82. The number of rotatable bonds is 3. The Morgan fingerprint density at radius 2 is 1.81 bits per heavy atom. The second kappa shape index (κ2) is 4.72. The van der Waals surface area contributed by atoms with E-state index in [9.17, 15) is 21.6 Å². The molecule has 0 heterocycles. The van der Waals surface area contributed by atoms with E-state index in [0.717, 1.165) is 0 Å². The van der Waals surface area contributed by atoms with Gasteiger partial charge in [0.25, 0.3) is 0 Å². The molecule has 1 aromatic carbocycles. The highest BCUT2D eigenvalue weighted by Gasteiger charge is 2.47. The van der Waals surface area contributed by atoms with Crippen LogP contribution in [0, 0.1) is 0 Å². The highest BCUT2D eigenvalue weighted by Crippen LogP contribution is 2.26. The molecule has 90 valence electrons. The molecule has 0 saturated heterocycles. The first-order chi connectivity index (χ1) is 7.24. The van der Waals surface area contributed by atoms with Crippen molar-refractivity contribution in [1.29, 1.82) is 0 Å². The number of benzene rings is 1. The maximum atomic E-state index is 11.9. The van der Waals surface area contributed by atoms with Crippen LogP contribution in [0.15, 0.2) is 28.7 Å². The Morgan fingerprint density at radius 1 is 1.25 bits per heavy atom. The molecule has 16 heavy (non-hydrogen) atoms. The van der Waals surface area contributed by atoms with E-state index in [1.807, 2.05) is 0 Å². The van der Waals surface area contributed by atoms with Crippen LogP contribution in [0.1, 0.15) is 5.56 Å². The van der Waals surface area contributed by atoms with E-state index in [0.29, 0.717) is 10.0 Å². The molecule has 0 spiro atoms. The summed E-state index contributed by atoms with van der Waals surface area (Å²) in [6.07, 6.45) is 0. The maximum absolute atomic E-state index is 11.9. The van der Waals surface area contributed by atoms with E-state index >= 15 is 0 Å². The molecule has 0 bridgehead atoms. The van der Waals surface area contributed by atoms with Crippen LogP contribution in [-0.2, 0) is 20.9 Å². The first-order valence-corrected chi connectivity index (χ1v) is 6.13. The van der Waals surface area contributed by atoms with Crippen LogP contribution in [-0.4, -0.2) is 13.9 Å². The minimum Gasteiger partial charge on any atom is -0.258 e. The average Bonchev–Trinajstić information content (AvgIpc) is 2.15. The minimum atomic E-state index is -5.53. The van der Waals surface area contributed by atoms with Crippen LogP contribution >= 0.6 is 15.9 Å². The summed E-state index contributed by atoms with van der Waals surface area (Å²) in [7, 11) is -5.53. The normalized spacial score (nSPS) is 12.8. The lowest BCUT2D eigenvalue weighted by atomic mass is 10.2. The lowest BCUT2D eigenvalue weighted by molar-refractivity contribution is -0.0548. The summed E-state index contributed by atoms with van der Waals surface area (Å²) in [6, 6.07) is 6.23. The van der Waals surface area contributed by atoms with Gasteiger partial charge in [-0.15, -0.1) is 0 Å². The summed E-state index contributed by atoms with van der Waals surface area (Å²) >= 11 is 3.06. The monoisotopic (exact) mass is 318 g/mol. The van der Waals surface area contributed by atoms with Crippen molar-refractivity contribution in [3.05, 3.63) is 34.3 Å². The van der Waals surface area contributed by atoms with Crippen molar-refractivity contribution in [3.63, 3.8) is 0 Å². The number of alkyl halides is 3. The standard InChI is InChI=1S/C8H6BrF3O3S/c9-7-4-2-1-3-6(7)5-15-16(13,14)8(10,11)12/h1-4H,5H2. The van der Waals surface area contributed by atoms with Crippen molar-refractivity contribution in [3.8, 4) is 0 Å². The van der Waals surface area contributed by atoms with E-state index in [2.05, 4.69) is 20.1 Å². The van der Waals surface area contributed by atoms with E-state index in [1.165, 1.54) is 6.07 Å². The Bertz CT molecular complexity index is 470. The van der Waals surface area contributed by atoms with Crippen LogP contribution in [0.5, 0.6) is 0 Å². The lowest BCUT2D eigenvalue weighted by Gasteiger charge is -2.08. The van der Waals surface area contributed by atoms with Crippen molar-refractivity contribution in [1.82, 2.24) is 0 Å². The van der Waals surface area contributed by atoms with Crippen molar-refractivity contribution >= 4 is 26.0 Å². The highest BCUT2D eigenvalue weighted by molar-refractivity contribution is 9.10. The molecule has 0 unspecified atom stereocenters. The number of hydrogen-bond acceptors (Lipinski definition) is 3. The molecular formula is C8H6BrF3O3S. The Labute approximate surface area is 98.5 Å². The Hall–Kier alpha value is -0.600. The first kappa shape index (κ1) is 13.5. The van der Waals surface area contributed by atoms with Crippen molar-refractivity contribution in [2.45, 2.75) is 12.1 Å². The molecular weight excluding hydrogens is 313 g/mol. The zero-order valence-electron chi connectivity index (χ0n) is 7.66. The molecule has 0 aliphatic carbocycles. The molecule has 8 heteroatoms. The minimum absolute atomic E-state index is 0.315. The molecule has 0 fully saturated rings. The molecule has 0 aliphatic rings. The van der Waals surface area contributed by atoms with Gasteiger partial charge in [0.05, 0.1) is 6.61 Å². The maximum Gasteiger partial charge on any atom is 0.523 e. The summed E-state index contributed by atoms with van der Waals surface area (Å²) in [6.45, 7) is -0.663. The van der Waals surface area contributed by atoms with Gasteiger partial charge >= 0.3 is 15.6 Å². The van der Waals surface area contributed by atoms with Gasteiger partial charge in [-0.05, 0) is 11.6 Å². The fraction of sp³-hybridized carbons (Fsp3) is 0.250. The summed E-state index contributed by atoms with van der Waals surface area (Å²) in [4.78, 5) is 0. The quantitative estimate of drug-likeness (QED) is 0.636. The van der Waals surface area contributed by atoms with Gasteiger partial charge in [0.2, 0.25) is 0 Å². The SMILES string of the molecule is O=S(=O)(OCc1ccccc1Br)C(F)(F)F. The molecule has 0 N–H and O–H groups in total. The second-order valence-electron chi connectivity index (χ2n) is 2.75. The fourth-order valence-electron chi connectivity index (χ4n) is 0.823. The highest BCUT2D eigenvalue weighted by atomic mass is 79.9. The van der Waals surface area contributed by atoms with E-state index in [-0.39, 0.29) is 0 Å². The van der Waals surface area contributed by atoms with Gasteiger partial charge in [0.15, 0.2) is 0 Å². The number of halogens is 4. The van der Waals surface area contributed by atoms with Gasteiger partial charge < -0.3 is 0 Å². The predicted molar refractivity (Wildman–Crippen MR) is 53.9 cm³/mol. The zero-order valence-corrected chi connectivity index (χ0v) is 10.1. The van der Waals surface area contributed by atoms with Gasteiger partial charge in [0, 0.05) is 4.47 Å². The molecule has 0 radical (unpaired) electrons. The van der Waals surface area contributed by atoms with Crippen LogP contribution < -0.4 is 0 Å². The number of hydrogen-bond donors (Lipinski definition) is 0. The molecule has 0 aliphatic heterocycles. The first-order valence-electron chi connectivity index (χ1n) is 3.93. The largest absolute Gasteiger partial charge is 0.523 e. The lowest BCUT2D eigenvalue weighted by Crippen LogP contribution is -2.25. The van der Waals surface area contributed by atoms with E-state index in [4.69, 9.17) is 0 Å². The summed E-state index contributed by atoms with van der Waals surface area (Å²) in [5.74, 6) is 0. The Balaban J connectivity index is 2.77. The van der Waals surface area contributed by atoms with Crippen molar-refractivity contribution < 1.29 is 25.8 Å². The summed E-state index contributed by atoms with van der Waals surface area (Å²) in [5.41, 5.74) is -5.08. The molecule has 1 rings (SSSR count). The third-order valence-corrected chi connectivity index (χ3v) is 3.38. The van der Waals surface area contributed by atoms with Crippen LogP contribution in [0.4, 0.5) is 13.2 Å². The van der Waals surface area contributed by atoms with E-state index in [1.54, 1.807) is 18.2 Å². The van der Waals surface area contributed by atoms with Gasteiger partial charge in [-0.25, -0.2) is 0 Å². The smallest absolute Gasteiger partial charge is 0.258 e. The van der Waals surface area contributed by atoms with Gasteiger partial charge in [-0.3, -0.25) is 4.18 Å².